The number of nitrogens with zero attached hydrogens (tertiary/aromatic N) is 3. The molecule has 1 aliphatic rings. The maximum atomic E-state index is 5.16. The number of hydrogen-bond donors (Lipinski definition) is 1. The molecule has 0 bridgehead atoms. The van der Waals surface area contributed by atoms with Gasteiger partial charge in [-0.1, -0.05) is 24.3 Å². The second-order valence-corrected chi connectivity index (χ2v) is 6.12. The molecule has 1 aromatic carbocycles. The topological polar surface area (TPSA) is 59.9 Å². The second-order valence-electron chi connectivity index (χ2n) is 6.12. The molecule has 0 fully saturated rings. The van der Waals surface area contributed by atoms with Crippen LogP contribution in [0.5, 0.6) is 5.88 Å². The van der Waals surface area contributed by atoms with E-state index in [1.54, 1.807) is 13.4 Å². The molecule has 1 atom stereocenters. The summed E-state index contributed by atoms with van der Waals surface area (Å²) in [7, 11) is 1.61. The van der Waals surface area contributed by atoms with Crippen LogP contribution in [0, 0.1) is 0 Å². The van der Waals surface area contributed by atoms with Gasteiger partial charge in [0.1, 0.15) is 12.1 Å². The molecule has 2 heterocycles. The van der Waals surface area contributed by atoms with Crippen molar-refractivity contribution in [1.29, 1.82) is 0 Å². The lowest BCUT2D eigenvalue weighted by Gasteiger charge is -2.26. The van der Waals surface area contributed by atoms with Crippen LogP contribution in [-0.2, 0) is 6.42 Å². The van der Waals surface area contributed by atoms with Crippen LogP contribution in [-0.4, -0.2) is 28.6 Å². The highest BCUT2D eigenvalue weighted by atomic mass is 16.5. The van der Waals surface area contributed by atoms with Crippen LogP contribution in [0.1, 0.15) is 29.9 Å². The number of ether oxygens (including phenoxy) is 1. The quantitative estimate of drug-likeness (QED) is 0.796. The second kappa shape index (κ2) is 6.43. The molecule has 3 aromatic rings. The summed E-state index contributed by atoms with van der Waals surface area (Å²) in [5, 5.41) is 4.42. The fourth-order valence-corrected chi connectivity index (χ4v) is 3.47. The number of benzene rings is 1. The van der Waals surface area contributed by atoms with Crippen molar-refractivity contribution in [1.82, 2.24) is 15.0 Å². The Morgan fingerprint density at radius 3 is 3.00 bits per heavy atom. The minimum atomic E-state index is 0.520. The Morgan fingerprint density at radius 2 is 2.08 bits per heavy atom. The average Bonchev–Trinajstić information content (AvgIpc) is 2.65. The molecule has 1 unspecified atom stereocenters. The third-order valence-corrected chi connectivity index (χ3v) is 4.69. The van der Waals surface area contributed by atoms with Crippen molar-refractivity contribution in [3.63, 3.8) is 0 Å². The Bertz CT molecular complexity index is 865. The van der Waals surface area contributed by atoms with E-state index in [9.17, 15) is 0 Å². The smallest absolute Gasteiger partial charge is 0.215 e. The van der Waals surface area contributed by atoms with Crippen LogP contribution >= 0.6 is 0 Å². The summed E-state index contributed by atoms with van der Waals surface area (Å²) in [6, 6.07) is 12.6. The zero-order chi connectivity index (χ0) is 16.4. The van der Waals surface area contributed by atoms with Gasteiger partial charge < -0.3 is 10.1 Å². The monoisotopic (exact) mass is 320 g/mol. The molecule has 0 amide bonds. The first-order valence-corrected chi connectivity index (χ1v) is 8.32. The molecule has 1 aliphatic carbocycles. The van der Waals surface area contributed by atoms with Gasteiger partial charge in [0, 0.05) is 18.5 Å². The number of pyridine rings is 1. The average molecular weight is 320 g/mol. The molecule has 0 saturated heterocycles. The fourth-order valence-electron chi connectivity index (χ4n) is 3.47. The highest BCUT2D eigenvalue weighted by Crippen LogP contribution is 2.32. The van der Waals surface area contributed by atoms with E-state index >= 15 is 0 Å². The predicted molar refractivity (Wildman–Crippen MR) is 94.5 cm³/mol. The number of nitrogens with one attached hydrogen (secondary N) is 1. The third kappa shape index (κ3) is 2.77. The number of hydrogen-bond acceptors (Lipinski definition) is 5. The molecule has 5 nitrogen and oxygen atoms in total. The van der Waals surface area contributed by atoms with E-state index < -0.39 is 0 Å². The maximum Gasteiger partial charge on any atom is 0.215 e. The van der Waals surface area contributed by atoms with Crippen LogP contribution < -0.4 is 10.1 Å². The van der Waals surface area contributed by atoms with Crippen LogP contribution in [0.2, 0.25) is 0 Å². The lowest BCUT2D eigenvalue weighted by Crippen LogP contribution is -2.18. The van der Waals surface area contributed by atoms with Crippen molar-refractivity contribution < 1.29 is 4.74 Å². The lowest BCUT2D eigenvalue weighted by molar-refractivity contribution is 0.399. The van der Waals surface area contributed by atoms with Gasteiger partial charge in [-0.05, 0) is 36.5 Å². The van der Waals surface area contributed by atoms with Crippen molar-refractivity contribution in [2.24, 2.45) is 0 Å². The number of methoxy groups -OCH3 is 1. The van der Waals surface area contributed by atoms with Gasteiger partial charge >= 0.3 is 0 Å². The molecule has 0 aliphatic heterocycles. The molecule has 5 heteroatoms. The summed E-state index contributed by atoms with van der Waals surface area (Å²) in [5.41, 5.74) is 3.60. The van der Waals surface area contributed by atoms with Crippen LogP contribution in [0.25, 0.3) is 11.0 Å². The van der Waals surface area contributed by atoms with E-state index in [0.29, 0.717) is 17.4 Å². The maximum absolute atomic E-state index is 5.16. The van der Waals surface area contributed by atoms with Crippen molar-refractivity contribution in [3.8, 4) is 5.88 Å². The predicted octanol–water partition coefficient (Wildman–Crippen LogP) is 3.57. The number of aryl methyl sites for hydroxylation is 1. The summed E-state index contributed by atoms with van der Waals surface area (Å²) in [4.78, 5) is 13.0. The summed E-state index contributed by atoms with van der Waals surface area (Å²) >= 11 is 0. The summed E-state index contributed by atoms with van der Waals surface area (Å²) in [5.74, 6) is 1.91. The summed E-state index contributed by atoms with van der Waals surface area (Å²) in [6.45, 7) is 0.870. The first-order chi connectivity index (χ1) is 11.8. The summed E-state index contributed by atoms with van der Waals surface area (Å²) in [6.07, 6.45) is 5.19. The van der Waals surface area contributed by atoms with Gasteiger partial charge in [-0.2, -0.15) is 4.98 Å². The number of rotatable bonds is 4. The highest BCUT2D eigenvalue weighted by molar-refractivity contribution is 5.86. The van der Waals surface area contributed by atoms with Gasteiger partial charge in [0.15, 0.2) is 5.65 Å². The van der Waals surface area contributed by atoms with E-state index in [1.807, 2.05) is 12.1 Å². The molecular weight excluding hydrogens is 300 g/mol. The van der Waals surface area contributed by atoms with Gasteiger partial charge in [-0.15, -0.1) is 0 Å². The molecule has 0 spiro atoms. The van der Waals surface area contributed by atoms with Gasteiger partial charge in [0.25, 0.3) is 0 Å². The van der Waals surface area contributed by atoms with Gasteiger partial charge in [-0.25, -0.2) is 9.97 Å². The molecule has 4 rings (SSSR count). The molecular formula is C19H20N4O. The Balaban J connectivity index is 1.58. The molecule has 24 heavy (non-hydrogen) atoms. The molecule has 0 saturated carbocycles. The van der Waals surface area contributed by atoms with Gasteiger partial charge in [-0.3, -0.25) is 0 Å². The molecule has 122 valence electrons. The molecule has 2 aromatic heterocycles. The SMILES string of the molecule is COc1ccc2c(NCC3CCCc4ccccc43)ncnc2n1. The van der Waals surface area contributed by atoms with E-state index in [0.717, 1.165) is 17.7 Å². The van der Waals surface area contributed by atoms with Crippen molar-refractivity contribution in [3.05, 3.63) is 53.9 Å². The number of fused-ring (bicyclic) bond motifs is 2. The number of aromatic nitrogens is 3. The standard InChI is InChI=1S/C19H20N4O/c1-24-17-10-9-16-18(21-12-22-19(16)23-17)20-11-14-7-4-6-13-5-2-3-8-15(13)14/h2-3,5,8-10,12,14H,4,6-7,11H2,1H3,(H,20,21,22,23). The van der Waals surface area contributed by atoms with Crippen LogP contribution in [0.15, 0.2) is 42.7 Å². The minimum Gasteiger partial charge on any atom is -0.481 e. The van der Waals surface area contributed by atoms with Crippen LogP contribution in [0.3, 0.4) is 0 Å². The Kier molecular flexibility index (Phi) is 3.99. The Hall–Kier alpha value is -2.69. The largest absolute Gasteiger partial charge is 0.481 e. The van der Waals surface area contributed by atoms with Crippen LogP contribution in [0.4, 0.5) is 5.82 Å². The Labute approximate surface area is 141 Å². The third-order valence-electron chi connectivity index (χ3n) is 4.69. The van der Waals surface area contributed by atoms with E-state index in [2.05, 4.69) is 44.5 Å². The first-order valence-electron chi connectivity index (χ1n) is 8.32. The van der Waals surface area contributed by atoms with Crippen molar-refractivity contribution in [2.45, 2.75) is 25.2 Å². The first kappa shape index (κ1) is 14.9. The zero-order valence-corrected chi connectivity index (χ0v) is 13.7. The van der Waals surface area contributed by atoms with E-state index in [4.69, 9.17) is 4.74 Å². The van der Waals surface area contributed by atoms with Crippen molar-refractivity contribution >= 4 is 16.9 Å². The minimum absolute atomic E-state index is 0.520. The lowest BCUT2D eigenvalue weighted by atomic mass is 9.83. The normalized spacial score (nSPS) is 16.6. The van der Waals surface area contributed by atoms with Gasteiger partial charge in [0.2, 0.25) is 5.88 Å². The molecule has 0 radical (unpaired) electrons. The number of anilines is 1. The van der Waals surface area contributed by atoms with Crippen molar-refractivity contribution in [2.75, 3.05) is 19.0 Å². The van der Waals surface area contributed by atoms with Gasteiger partial charge in [0.05, 0.1) is 12.5 Å². The van der Waals surface area contributed by atoms with E-state index in [1.165, 1.54) is 30.4 Å². The zero-order valence-electron chi connectivity index (χ0n) is 13.7. The molecule has 1 N–H and O–H groups in total. The Morgan fingerprint density at radius 1 is 1.17 bits per heavy atom. The summed E-state index contributed by atoms with van der Waals surface area (Å²) < 4.78 is 5.16. The van der Waals surface area contributed by atoms with E-state index in [-0.39, 0.29) is 0 Å². The highest BCUT2D eigenvalue weighted by Gasteiger charge is 2.20. The fraction of sp³-hybridized carbons (Fsp3) is 0.316.